The van der Waals surface area contributed by atoms with Gasteiger partial charge in [0.25, 0.3) is 5.91 Å². The van der Waals surface area contributed by atoms with Gasteiger partial charge in [0.15, 0.2) is 0 Å². The molecule has 0 aliphatic heterocycles. The van der Waals surface area contributed by atoms with E-state index in [0.29, 0.717) is 0 Å². The highest BCUT2D eigenvalue weighted by atomic mass is 32.1. The van der Waals surface area contributed by atoms with Crippen LogP contribution in [0.1, 0.15) is 15.2 Å². The lowest BCUT2D eigenvalue weighted by Gasteiger charge is -2.09. The van der Waals surface area contributed by atoms with Crippen LogP contribution in [0.25, 0.3) is 0 Å². The molecule has 1 aromatic heterocycles. The number of rotatable bonds is 4. The summed E-state index contributed by atoms with van der Waals surface area (Å²) < 4.78 is 0. The lowest BCUT2D eigenvalue weighted by Crippen LogP contribution is -2.14. The topological polar surface area (TPSA) is 41.1 Å². The van der Waals surface area contributed by atoms with E-state index >= 15 is 0 Å². The molecule has 0 fully saturated rings. The number of nitrogens with one attached hydrogen (secondary N) is 2. The quantitative estimate of drug-likeness (QED) is 0.871. The summed E-state index contributed by atoms with van der Waals surface area (Å²) in [5.41, 5.74) is 1.94. The summed E-state index contributed by atoms with van der Waals surface area (Å²) in [7, 11) is 1.89. The number of anilines is 1. The molecule has 1 amide bonds. The van der Waals surface area contributed by atoms with E-state index in [1.807, 2.05) is 48.8 Å². The molecule has 0 saturated heterocycles. The summed E-state index contributed by atoms with van der Waals surface area (Å²) >= 11 is 1.44. The third-order valence-corrected chi connectivity index (χ3v) is 3.25. The molecule has 4 heteroatoms. The summed E-state index contributed by atoms with van der Waals surface area (Å²) in [6.07, 6.45) is 0. The van der Waals surface area contributed by atoms with E-state index in [1.165, 1.54) is 11.3 Å². The third kappa shape index (κ3) is 2.93. The average Bonchev–Trinajstić information content (AvgIpc) is 2.85. The zero-order valence-corrected chi connectivity index (χ0v) is 10.4. The van der Waals surface area contributed by atoms with E-state index in [4.69, 9.17) is 0 Å². The van der Waals surface area contributed by atoms with Gasteiger partial charge in [-0.3, -0.25) is 4.79 Å². The second-order valence-corrected chi connectivity index (χ2v) is 4.57. The first-order valence-corrected chi connectivity index (χ1v) is 6.26. The standard InChI is InChI=1S/C13H14N2OS/c1-14-9-10-5-2-3-6-11(10)15-13(16)12-7-4-8-17-12/h2-8,14H,9H2,1H3,(H,15,16). The molecule has 1 aromatic carbocycles. The van der Waals surface area contributed by atoms with Crippen LogP contribution in [0.4, 0.5) is 5.69 Å². The van der Waals surface area contributed by atoms with Gasteiger partial charge in [-0.2, -0.15) is 0 Å². The summed E-state index contributed by atoms with van der Waals surface area (Å²) in [5.74, 6) is -0.0523. The number of thiophene rings is 1. The molecule has 2 aromatic rings. The van der Waals surface area contributed by atoms with Gasteiger partial charge in [0, 0.05) is 12.2 Å². The first-order valence-electron chi connectivity index (χ1n) is 5.38. The second kappa shape index (κ2) is 5.61. The molecule has 17 heavy (non-hydrogen) atoms. The van der Waals surface area contributed by atoms with E-state index in [1.54, 1.807) is 0 Å². The van der Waals surface area contributed by atoms with Gasteiger partial charge in [0.2, 0.25) is 0 Å². The van der Waals surface area contributed by atoms with Crippen LogP contribution in [0.15, 0.2) is 41.8 Å². The fourth-order valence-electron chi connectivity index (χ4n) is 1.58. The number of carbonyl (C=O) groups is 1. The fourth-order valence-corrected chi connectivity index (χ4v) is 2.20. The summed E-state index contributed by atoms with van der Waals surface area (Å²) in [4.78, 5) is 12.6. The lowest BCUT2D eigenvalue weighted by atomic mass is 10.1. The number of amides is 1. The Bertz CT molecular complexity index is 494. The number of hydrogen-bond donors (Lipinski definition) is 2. The molecule has 0 unspecified atom stereocenters. The molecule has 2 rings (SSSR count). The molecule has 3 nitrogen and oxygen atoms in total. The summed E-state index contributed by atoms with van der Waals surface area (Å²) in [6, 6.07) is 11.5. The third-order valence-electron chi connectivity index (χ3n) is 2.38. The molecular weight excluding hydrogens is 232 g/mol. The minimum absolute atomic E-state index is 0.0523. The highest BCUT2D eigenvalue weighted by molar-refractivity contribution is 7.12. The van der Waals surface area contributed by atoms with E-state index in [0.717, 1.165) is 22.7 Å². The Morgan fingerprint density at radius 1 is 1.24 bits per heavy atom. The van der Waals surface area contributed by atoms with Crippen LogP contribution in [0, 0.1) is 0 Å². The lowest BCUT2D eigenvalue weighted by molar-refractivity contribution is 0.103. The Kier molecular flexibility index (Phi) is 3.90. The van der Waals surface area contributed by atoms with E-state index < -0.39 is 0 Å². The summed E-state index contributed by atoms with van der Waals surface area (Å²) in [5, 5.41) is 7.91. The Labute approximate surface area is 104 Å². The van der Waals surface area contributed by atoms with Gasteiger partial charge in [-0.15, -0.1) is 11.3 Å². The highest BCUT2D eigenvalue weighted by Gasteiger charge is 2.08. The van der Waals surface area contributed by atoms with Crippen molar-refractivity contribution in [2.24, 2.45) is 0 Å². The number of para-hydroxylation sites is 1. The van der Waals surface area contributed by atoms with Crippen LogP contribution < -0.4 is 10.6 Å². The molecule has 0 saturated carbocycles. The van der Waals surface area contributed by atoms with Crippen LogP contribution in [0.5, 0.6) is 0 Å². The van der Waals surface area contributed by atoms with Crippen LogP contribution in [0.2, 0.25) is 0 Å². The smallest absolute Gasteiger partial charge is 0.265 e. The summed E-state index contributed by atoms with van der Waals surface area (Å²) in [6.45, 7) is 0.737. The molecule has 88 valence electrons. The van der Waals surface area contributed by atoms with Gasteiger partial charge < -0.3 is 10.6 Å². The van der Waals surface area contributed by atoms with Crippen LogP contribution in [0.3, 0.4) is 0 Å². The number of benzene rings is 1. The first-order chi connectivity index (χ1) is 8.31. The first kappa shape index (κ1) is 11.8. The predicted molar refractivity (Wildman–Crippen MR) is 71.5 cm³/mol. The van der Waals surface area contributed by atoms with Crippen molar-refractivity contribution < 1.29 is 4.79 Å². The molecule has 0 bridgehead atoms. The van der Waals surface area contributed by atoms with Gasteiger partial charge in [0.05, 0.1) is 4.88 Å². The Morgan fingerprint density at radius 3 is 2.76 bits per heavy atom. The van der Waals surface area contributed by atoms with Gasteiger partial charge in [-0.25, -0.2) is 0 Å². The van der Waals surface area contributed by atoms with Crippen LogP contribution >= 0.6 is 11.3 Å². The Hall–Kier alpha value is -1.65. The van der Waals surface area contributed by atoms with Gasteiger partial charge in [-0.05, 0) is 30.1 Å². The van der Waals surface area contributed by atoms with Crippen molar-refractivity contribution in [3.63, 3.8) is 0 Å². The van der Waals surface area contributed by atoms with Crippen LogP contribution in [-0.4, -0.2) is 13.0 Å². The highest BCUT2D eigenvalue weighted by Crippen LogP contribution is 2.17. The SMILES string of the molecule is CNCc1ccccc1NC(=O)c1cccs1. The normalized spacial score (nSPS) is 10.2. The van der Waals surface area contributed by atoms with E-state index in [9.17, 15) is 4.79 Å². The molecule has 0 aliphatic rings. The second-order valence-electron chi connectivity index (χ2n) is 3.62. The maximum Gasteiger partial charge on any atom is 0.265 e. The van der Waals surface area contributed by atoms with Crippen LogP contribution in [-0.2, 0) is 6.54 Å². The van der Waals surface area contributed by atoms with Gasteiger partial charge in [-0.1, -0.05) is 24.3 Å². The molecule has 1 heterocycles. The molecule has 2 N–H and O–H groups in total. The van der Waals surface area contributed by atoms with Crippen molar-refractivity contribution in [2.75, 3.05) is 12.4 Å². The molecule has 0 spiro atoms. The van der Waals surface area contributed by atoms with E-state index in [-0.39, 0.29) is 5.91 Å². The van der Waals surface area contributed by atoms with Gasteiger partial charge >= 0.3 is 0 Å². The number of hydrogen-bond acceptors (Lipinski definition) is 3. The van der Waals surface area contributed by atoms with Crippen molar-refractivity contribution in [1.82, 2.24) is 5.32 Å². The zero-order chi connectivity index (χ0) is 12.1. The van der Waals surface area contributed by atoms with Crippen molar-refractivity contribution in [3.8, 4) is 0 Å². The monoisotopic (exact) mass is 246 g/mol. The average molecular weight is 246 g/mol. The van der Waals surface area contributed by atoms with Gasteiger partial charge in [0.1, 0.15) is 0 Å². The minimum Gasteiger partial charge on any atom is -0.321 e. The predicted octanol–water partition coefficient (Wildman–Crippen LogP) is 2.72. The minimum atomic E-state index is -0.0523. The fraction of sp³-hybridized carbons (Fsp3) is 0.154. The van der Waals surface area contributed by atoms with Crippen molar-refractivity contribution in [1.29, 1.82) is 0 Å². The van der Waals surface area contributed by atoms with Crippen molar-refractivity contribution >= 4 is 22.9 Å². The number of carbonyl (C=O) groups excluding carboxylic acids is 1. The van der Waals surface area contributed by atoms with Crippen molar-refractivity contribution in [2.45, 2.75) is 6.54 Å². The zero-order valence-electron chi connectivity index (χ0n) is 9.57. The molecule has 0 atom stereocenters. The maximum absolute atomic E-state index is 11.9. The van der Waals surface area contributed by atoms with E-state index in [2.05, 4.69) is 10.6 Å². The Balaban J connectivity index is 2.15. The Morgan fingerprint density at radius 2 is 2.06 bits per heavy atom. The maximum atomic E-state index is 11.9. The molecular formula is C13H14N2OS. The molecule has 0 aliphatic carbocycles. The largest absolute Gasteiger partial charge is 0.321 e. The van der Waals surface area contributed by atoms with Crippen molar-refractivity contribution in [3.05, 3.63) is 52.2 Å². The molecule has 0 radical (unpaired) electrons.